The van der Waals surface area contributed by atoms with Crippen LogP contribution in [0.1, 0.15) is 16.8 Å². The summed E-state index contributed by atoms with van der Waals surface area (Å²) < 4.78 is 5.09. The molecule has 0 spiro atoms. The third kappa shape index (κ3) is 3.42. The summed E-state index contributed by atoms with van der Waals surface area (Å²) in [4.78, 5) is 34.5. The number of benzene rings is 1. The number of imide groups is 1. The zero-order valence-corrected chi connectivity index (χ0v) is 13.0. The van der Waals surface area contributed by atoms with E-state index in [1.807, 2.05) is 0 Å². The Balaban J connectivity index is 2.00. The number of nitrogens with one attached hydrogen (secondary N) is 3. The number of hydrogen-bond acceptors (Lipinski definition) is 4. The monoisotopic (exact) mass is 345 g/mol. The Morgan fingerprint density at radius 1 is 1.32 bits per heavy atom. The SMILES string of the molecule is COc1c(Cl)ccc(Cl)c1C(=O)NCCC1NC(=O)NC1=O. The minimum atomic E-state index is -0.662. The first-order valence-corrected chi connectivity index (χ1v) is 7.11. The van der Waals surface area contributed by atoms with E-state index in [9.17, 15) is 14.4 Å². The molecule has 1 fully saturated rings. The molecule has 1 saturated heterocycles. The number of amides is 4. The van der Waals surface area contributed by atoms with E-state index in [-0.39, 0.29) is 34.3 Å². The molecule has 9 heteroatoms. The van der Waals surface area contributed by atoms with Crippen molar-refractivity contribution in [3.8, 4) is 5.75 Å². The Morgan fingerprint density at radius 2 is 2.00 bits per heavy atom. The van der Waals surface area contributed by atoms with Gasteiger partial charge in [0.1, 0.15) is 11.6 Å². The van der Waals surface area contributed by atoms with Gasteiger partial charge in [0, 0.05) is 6.54 Å². The van der Waals surface area contributed by atoms with Crippen LogP contribution in [0.25, 0.3) is 0 Å². The number of carbonyl (C=O) groups excluding carboxylic acids is 3. The topological polar surface area (TPSA) is 96.5 Å². The summed E-state index contributed by atoms with van der Waals surface area (Å²) in [5, 5.41) is 7.62. The zero-order chi connectivity index (χ0) is 16.3. The molecule has 1 aromatic carbocycles. The Morgan fingerprint density at radius 3 is 2.59 bits per heavy atom. The first-order chi connectivity index (χ1) is 10.4. The highest BCUT2D eigenvalue weighted by Gasteiger charge is 2.29. The van der Waals surface area contributed by atoms with Crippen LogP contribution in [0.2, 0.25) is 10.0 Å². The quantitative estimate of drug-likeness (QED) is 0.701. The van der Waals surface area contributed by atoms with Gasteiger partial charge >= 0.3 is 6.03 Å². The second kappa shape index (κ2) is 6.85. The fourth-order valence-electron chi connectivity index (χ4n) is 2.02. The second-order valence-electron chi connectivity index (χ2n) is 4.50. The van der Waals surface area contributed by atoms with Gasteiger partial charge in [-0.05, 0) is 18.6 Å². The Hall–Kier alpha value is -1.99. The fourth-order valence-corrected chi connectivity index (χ4v) is 2.49. The Kier molecular flexibility index (Phi) is 5.10. The molecule has 0 aromatic heterocycles. The van der Waals surface area contributed by atoms with Gasteiger partial charge in [-0.3, -0.25) is 14.9 Å². The van der Waals surface area contributed by atoms with Crippen molar-refractivity contribution in [2.24, 2.45) is 0 Å². The van der Waals surface area contributed by atoms with Gasteiger partial charge in [0.05, 0.1) is 17.2 Å². The summed E-state index contributed by atoms with van der Waals surface area (Å²) >= 11 is 12.0. The van der Waals surface area contributed by atoms with E-state index in [4.69, 9.17) is 27.9 Å². The molecule has 1 atom stereocenters. The normalized spacial score (nSPS) is 17.0. The maximum atomic E-state index is 12.2. The van der Waals surface area contributed by atoms with Crippen LogP contribution in [0.3, 0.4) is 0 Å². The van der Waals surface area contributed by atoms with Gasteiger partial charge in [-0.15, -0.1) is 0 Å². The molecule has 4 amide bonds. The van der Waals surface area contributed by atoms with Gasteiger partial charge in [-0.2, -0.15) is 0 Å². The third-order valence-corrected chi connectivity index (χ3v) is 3.68. The molecular weight excluding hydrogens is 333 g/mol. The summed E-state index contributed by atoms with van der Waals surface area (Å²) in [7, 11) is 1.38. The van der Waals surface area contributed by atoms with Crippen LogP contribution < -0.4 is 20.7 Å². The largest absolute Gasteiger partial charge is 0.494 e. The molecule has 22 heavy (non-hydrogen) atoms. The van der Waals surface area contributed by atoms with E-state index in [2.05, 4.69) is 16.0 Å². The number of rotatable bonds is 5. The first-order valence-electron chi connectivity index (χ1n) is 6.35. The summed E-state index contributed by atoms with van der Waals surface area (Å²) in [5.41, 5.74) is 0.122. The van der Waals surface area contributed by atoms with Crippen molar-refractivity contribution in [1.82, 2.24) is 16.0 Å². The van der Waals surface area contributed by atoms with Crippen molar-refractivity contribution in [1.29, 1.82) is 0 Å². The molecular formula is C13H13Cl2N3O4. The minimum absolute atomic E-state index is 0.122. The third-order valence-electron chi connectivity index (χ3n) is 3.07. The lowest BCUT2D eigenvalue weighted by molar-refractivity contribution is -0.120. The van der Waals surface area contributed by atoms with E-state index in [0.29, 0.717) is 0 Å². The van der Waals surface area contributed by atoms with E-state index in [1.54, 1.807) is 0 Å². The molecule has 1 unspecified atom stereocenters. The van der Waals surface area contributed by atoms with Gasteiger partial charge in [-0.25, -0.2) is 4.79 Å². The van der Waals surface area contributed by atoms with Gasteiger partial charge in [0.2, 0.25) is 0 Å². The molecule has 1 heterocycles. The average molecular weight is 346 g/mol. The van der Waals surface area contributed by atoms with Crippen molar-refractivity contribution in [3.05, 3.63) is 27.7 Å². The van der Waals surface area contributed by atoms with Crippen LogP contribution in [0.4, 0.5) is 4.79 Å². The number of halogens is 2. The van der Waals surface area contributed by atoms with Crippen LogP contribution in [-0.2, 0) is 4.79 Å². The summed E-state index contributed by atoms with van der Waals surface area (Å²) in [6.45, 7) is 0.170. The average Bonchev–Trinajstić information content (AvgIpc) is 2.79. The predicted molar refractivity (Wildman–Crippen MR) is 80.4 cm³/mol. The van der Waals surface area contributed by atoms with Crippen LogP contribution in [0.5, 0.6) is 5.75 Å². The molecule has 0 aliphatic carbocycles. The number of carbonyl (C=O) groups is 3. The lowest BCUT2D eigenvalue weighted by atomic mass is 10.1. The van der Waals surface area contributed by atoms with Gasteiger partial charge in [-0.1, -0.05) is 23.2 Å². The fraction of sp³-hybridized carbons (Fsp3) is 0.308. The van der Waals surface area contributed by atoms with Crippen LogP contribution in [-0.4, -0.2) is 37.5 Å². The zero-order valence-electron chi connectivity index (χ0n) is 11.5. The van der Waals surface area contributed by atoms with Crippen LogP contribution in [0.15, 0.2) is 12.1 Å². The van der Waals surface area contributed by atoms with Crippen molar-refractivity contribution in [3.63, 3.8) is 0 Å². The predicted octanol–water partition coefficient (Wildman–Crippen LogP) is 1.33. The molecule has 1 aromatic rings. The maximum absolute atomic E-state index is 12.2. The van der Waals surface area contributed by atoms with Crippen LogP contribution >= 0.6 is 23.2 Å². The molecule has 1 aliphatic heterocycles. The molecule has 0 saturated carbocycles. The number of urea groups is 1. The van der Waals surface area contributed by atoms with Gasteiger partial charge in [0.15, 0.2) is 5.75 Å². The second-order valence-corrected chi connectivity index (χ2v) is 5.31. The van der Waals surface area contributed by atoms with Crippen molar-refractivity contribution >= 4 is 41.0 Å². The highest BCUT2D eigenvalue weighted by Crippen LogP contribution is 2.33. The molecule has 0 radical (unpaired) electrons. The Labute approximate surface area is 136 Å². The maximum Gasteiger partial charge on any atom is 0.322 e. The van der Waals surface area contributed by atoms with Crippen molar-refractivity contribution in [2.45, 2.75) is 12.5 Å². The molecule has 3 N–H and O–H groups in total. The highest BCUT2D eigenvalue weighted by atomic mass is 35.5. The number of methoxy groups -OCH3 is 1. The van der Waals surface area contributed by atoms with E-state index in [0.717, 1.165) is 0 Å². The van der Waals surface area contributed by atoms with Crippen molar-refractivity contribution < 1.29 is 19.1 Å². The number of ether oxygens (including phenoxy) is 1. The lowest BCUT2D eigenvalue weighted by Gasteiger charge is -2.13. The standard InChI is InChI=1S/C13H13Cl2N3O4/c1-22-10-7(15)3-2-6(14)9(10)12(20)16-5-4-8-11(19)18-13(21)17-8/h2-3,8H,4-5H2,1H3,(H,16,20)(H2,17,18,19,21). The smallest absolute Gasteiger partial charge is 0.322 e. The molecule has 118 valence electrons. The molecule has 7 nitrogen and oxygen atoms in total. The van der Waals surface area contributed by atoms with E-state index in [1.165, 1.54) is 19.2 Å². The van der Waals surface area contributed by atoms with Gasteiger partial charge < -0.3 is 15.4 Å². The lowest BCUT2D eigenvalue weighted by Crippen LogP contribution is -2.34. The molecule has 1 aliphatic rings. The first kappa shape index (κ1) is 16.4. The number of hydrogen-bond donors (Lipinski definition) is 3. The summed E-state index contributed by atoms with van der Waals surface area (Å²) in [6, 6.07) is 1.81. The summed E-state index contributed by atoms with van der Waals surface area (Å²) in [5.74, 6) is -0.717. The molecule has 2 rings (SSSR count). The summed E-state index contributed by atoms with van der Waals surface area (Å²) in [6.07, 6.45) is 0.254. The molecule has 0 bridgehead atoms. The Bertz CT molecular complexity index is 636. The minimum Gasteiger partial charge on any atom is -0.494 e. The highest BCUT2D eigenvalue weighted by molar-refractivity contribution is 6.37. The van der Waals surface area contributed by atoms with E-state index >= 15 is 0 Å². The van der Waals surface area contributed by atoms with Gasteiger partial charge in [0.25, 0.3) is 11.8 Å². The van der Waals surface area contributed by atoms with Crippen LogP contribution in [0, 0.1) is 0 Å². The van der Waals surface area contributed by atoms with E-state index < -0.39 is 23.9 Å². The van der Waals surface area contributed by atoms with Crippen molar-refractivity contribution in [2.75, 3.05) is 13.7 Å².